The van der Waals surface area contributed by atoms with Crippen molar-refractivity contribution in [3.63, 3.8) is 0 Å². The standard InChI is InChI=1S/C13H14FNO3/c1-3-6-15-13(17)8-18-12-5-4-10(14)7-11(12)9(2)16/h1,4-5,7,9,16H,6,8H2,2H3,(H,15,17)/t9-/m0/s1. The van der Waals surface area contributed by atoms with Gasteiger partial charge in [-0.1, -0.05) is 5.92 Å². The third kappa shape index (κ3) is 4.07. The second-order valence-corrected chi connectivity index (χ2v) is 3.63. The number of ether oxygens (including phenoxy) is 1. The first-order valence-electron chi connectivity index (χ1n) is 5.35. The second kappa shape index (κ2) is 6.62. The molecule has 1 atom stereocenters. The number of carbonyl (C=O) groups excluding carboxylic acids is 1. The molecular weight excluding hydrogens is 237 g/mol. The van der Waals surface area contributed by atoms with Crippen LogP contribution in [-0.2, 0) is 4.79 Å². The number of aliphatic hydroxyl groups is 1. The molecule has 1 amide bonds. The Balaban J connectivity index is 2.67. The first-order valence-corrected chi connectivity index (χ1v) is 5.35. The summed E-state index contributed by atoms with van der Waals surface area (Å²) in [6.45, 7) is 1.36. The van der Waals surface area contributed by atoms with Crippen molar-refractivity contribution in [3.05, 3.63) is 29.6 Å². The zero-order valence-electron chi connectivity index (χ0n) is 9.94. The Morgan fingerprint density at radius 3 is 3.00 bits per heavy atom. The molecule has 0 unspecified atom stereocenters. The van der Waals surface area contributed by atoms with Gasteiger partial charge in [-0.3, -0.25) is 4.79 Å². The molecule has 0 heterocycles. The summed E-state index contributed by atoms with van der Waals surface area (Å²) in [6.07, 6.45) is 4.10. The Labute approximate surface area is 105 Å². The van der Waals surface area contributed by atoms with Crippen LogP contribution in [0.5, 0.6) is 5.75 Å². The first kappa shape index (κ1) is 14.0. The fourth-order valence-electron chi connectivity index (χ4n) is 1.32. The minimum Gasteiger partial charge on any atom is -0.483 e. The molecule has 1 rings (SSSR count). The molecular formula is C13H14FNO3. The summed E-state index contributed by atoms with van der Waals surface area (Å²) >= 11 is 0. The van der Waals surface area contributed by atoms with Gasteiger partial charge in [-0.2, -0.15) is 0 Å². The topological polar surface area (TPSA) is 58.6 Å². The van der Waals surface area contributed by atoms with E-state index in [0.717, 1.165) is 0 Å². The average molecular weight is 251 g/mol. The van der Waals surface area contributed by atoms with E-state index in [-0.39, 0.29) is 24.8 Å². The van der Waals surface area contributed by atoms with E-state index < -0.39 is 11.9 Å². The van der Waals surface area contributed by atoms with Crippen molar-refractivity contribution in [2.75, 3.05) is 13.2 Å². The normalized spacial score (nSPS) is 11.4. The fraction of sp³-hybridized carbons (Fsp3) is 0.308. The lowest BCUT2D eigenvalue weighted by atomic mass is 10.1. The van der Waals surface area contributed by atoms with E-state index in [1.807, 2.05) is 0 Å². The summed E-state index contributed by atoms with van der Waals surface area (Å²) in [7, 11) is 0. The SMILES string of the molecule is C#CCNC(=O)COc1ccc(F)cc1[C@H](C)O. The monoisotopic (exact) mass is 251 g/mol. The maximum absolute atomic E-state index is 13.0. The zero-order chi connectivity index (χ0) is 13.5. The highest BCUT2D eigenvalue weighted by Crippen LogP contribution is 2.25. The van der Waals surface area contributed by atoms with E-state index in [2.05, 4.69) is 11.2 Å². The highest BCUT2D eigenvalue weighted by molar-refractivity contribution is 5.77. The molecule has 0 aliphatic heterocycles. The summed E-state index contributed by atoms with van der Waals surface area (Å²) in [5, 5.41) is 11.9. The number of rotatable bonds is 5. The van der Waals surface area contributed by atoms with E-state index in [1.165, 1.54) is 25.1 Å². The Bertz CT molecular complexity index is 466. The van der Waals surface area contributed by atoms with E-state index >= 15 is 0 Å². The van der Waals surface area contributed by atoms with E-state index in [1.54, 1.807) is 0 Å². The van der Waals surface area contributed by atoms with Gasteiger partial charge in [0.15, 0.2) is 6.61 Å². The van der Waals surface area contributed by atoms with Crippen LogP contribution in [-0.4, -0.2) is 24.2 Å². The maximum Gasteiger partial charge on any atom is 0.258 e. The van der Waals surface area contributed by atoms with Gasteiger partial charge in [-0.25, -0.2) is 4.39 Å². The molecule has 0 saturated carbocycles. The molecule has 96 valence electrons. The van der Waals surface area contributed by atoms with Gasteiger partial charge < -0.3 is 15.2 Å². The molecule has 0 aromatic heterocycles. The quantitative estimate of drug-likeness (QED) is 0.768. The van der Waals surface area contributed by atoms with Crippen molar-refractivity contribution in [2.24, 2.45) is 0 Å². The number of hydrogen-bond donors (Lipinski definition) is 2. The molecule has 0 radical (unpaired) electrons. The molecule has 0 bridgehead atoms. The lowest BCUT2D eigenvalue weighted by molar-refractivity contribution is -0.122. The molecule has 0 aliphatic rings. The van der Waals surface area contributed by atoms with Crippen LogP contribution in [0.2, 0.25) is 0 Å². The van der Waals surface area contributed by atoms with Crippen LogP contribution in [0, 0.1) is 18.2 Å². The predicted molar refractivity (Wildman–Crippen MR) is 64.4 cm³/mol. The van der Waals surface area contributed by atoms with Crippen LogP contribution in [0.4, 0.5) is 4.39 Å². The largest absolute Gasteiger partial charge is 0.483 e. The third-order valence-corrected chi connectivity index (χ3v) is 2.17. The fourth-order valence-corrected chi connectivity index (χ4v) is 1.32. The Morgan fingerprint density at radius 2 is 2.39 bits per heavy atom. The van der Waals surface area contributed by atoms with Gasteiger partial charge in [0.05, 0.1) is 12.6 Å². The van der Waals surface area contributed by atoms with Gasteiger partial charge in [0.2, 0.25) is 0 Å². The lowest BCUT2D eigenvalue weighted by Crippen LogP contribution is -2.29. The molecule has 1 aromatic carbocycles. The van der Waals surface area contributed by atoms with Crippen LogP contribution in [0.25, 0.3) is 0 Å². The molecule has 4 nitrogen and oxygen atoms in total. The van der Waals surface area contributed by atoms with Crippen LogP contribution in [0.15, 0.2) is 18.2 Å². The minimum atomic E-state index is -0.885. The third-order valence-electron chi connectivity index (χ3n) is 2.17. The molecule has 1 aromatic rings. The van der Waals surface area contributed by atoms with Gasteiger partial charge in [-0.15, -0.1) is 6.42 Å². The summed E-state index contributed by atoms with van der Waals surface area (Å²) in [6, 6.07) is 3.73. The summed E-state index contributed by atoms with van der Waals surface area (Å²) in [4.78, 5) is 11.3. The van der Waals surface area contributed by atoms with E-state index in [9.17, 15) is 14.3 Å². The molecule has 2 N–H and O–H groups in total. The first-order chi connectivity index (χ1) is 8.54. The number of aliphatic hydroxyl groups excluding tert-OH is 1. The maximum atomic E-state index is 13.0. The van der Waals surface area contributed by atoms with Crippen LogP contribution >= 0.6 is 0 Å². The van der Waals surface area contributed by atoms with Crippen molar-refractivity contribution in [1.82, 2.24) is 5.32 Å². The molecule has 0 saturated heterocycles. The van der Waals surface area contributed by atoms with Crippen molar-refractivity contribution in [3.8, 4) is 18.1 Å². The van der Waals surface area contributed by atoms with E-state index in [0.29, 0.717) is 5.56 Å². The zero-order valence-corrected chi connectivity index (χ0v) is 9.94. The molecule has 0 aliphatic carbocycles. The van der Waals surface area contributed by atoms with Crippen LogP contribution in [0.1, 0.15) is 18.6 Å². The summed E-state index contributed by atoms with van der Waals surface area (Å²) in [5.74, 6) is 1.67. The number of nitrogens with one attached hydrogen (secondary N) is 1. The molecule has 0 fully saturated rings. The Morgan fingerprint density at radius 1 is 1.67 bits per heavy atom. The molecule has 0 spiro atoms. The molecule has 5 heteroatoms. The second-order valence-electron chi connectivity index (χ2n) is 3.63. The van der Waals surface area contributed by atoms with Crippen molar-refractivity contribution < 1.29 is 19.0 Å². The smallest absolute Gasteiger partial charge is 0.258 e. The van der Waals surface area contributed by atoms with Crippen molar-refractivity contribution in [2.45, 2.75) is 13.0 Å². The Hall–Kier alpha value is -2.06. The number of hydrogen-bond acceptors (Lipinski definition) is 3. The number of halogens is 1. The highest BCUT2D eigenvalue weighted by Gasteiger charge is 2.11. The lowest BCUT2D eigenvalue weighted by Gasteiger charge is -2.13. The average Bonchev–Trinajstić information content (AvgIpc) is 2.34. The summed E-state index contributed by atoms with van der Waals surface area (Å²) in [5.41, 5.74) is 0.291. The van der Waals surface area contributed by atoms with Crippen molar-refractivity contribution in [1.29, 1.82) is 0 Å². The molecule has 18 heavy (non-hydrogen) atoms. The van der Waals surface area contributed by atoms with Gasteiger partial charge in [0, 0.05) is 5.56 Å². The van der Waals surface area contributed by atoms with Gasteiger partial charge in [0.25, 0.3) is 5.91 Å². The number of carbonyl (C=O) groups is 1. The minimum absolute atomic E-state index is 0.120. The van der Waals surface area contributed by atoms with Crippen molar-refractivity contribution >= 4 is 5.91 Å². The van der Waals surface area contributed by atoms with E-state index in [4.69, 9.17) is 11.2 Å². The number of terminal acetylenes is 1. The van der Waals surface area contributed by atoms with Crippen LogP contribution < -0.4 is 10.1 Å². The summed E-state index contributed by atoms with van der Waals surface area (Å²) < 4.78 is 18.2. The Kier molecular flexibility index (Phi) is 5.15. The number of amides is 1. The highest BCUT2D eigenvalue weighted by atomic mass is 19.1. The number of benzene rings is 1. The van der Waals surface area contributed by atoms with Gasteiger partial charge >= 0.3 is 0 Å². The predicted octanol–water partition coefficient (Wildman–Crippen LogP) is 1.01. The van der Waals surface area contributed by atoms with Gasteiger partial charge in [0.1, 0.15) is 11.6 Å². The van der Waals surface area contributed by atoms with Crippen LogP contribution in [0.3, 0.4) is 0 Å². The van der Waals surface area contributed by atoms with Gasteiger partial charge in [-0.05, 0) is 25.1 Å².